The van der Waals surface area contributed by atoms with Crippen LogP contribution in [0, 0.1) is 11.3 Å². The summed E-state index contributed by atoms with van der Waals surface area (Å²) in [7, 11) is 0. The lowest BCUT2D eigenvalue weighted by atomic mass is 10.2. The van der Waals surface area contributed by atoms with Crippen LogP contribution < -0.4 is 0 Å². The molecule has 0 amide bonds. The van der Waals surface area contributed by atoms with Gasteiger partial charge in [-0.3, -0.25) is 9.20 Å². The van der Waals surface area contributed by atoms with E-state index < -0.39 is 0 Å². The Labute approximate surface area is 106 Å². The van der Waals surface area contributed by atoms with Gasteiger partial charge in [0, 0.05) is 11.6 Å². The van der Waals surface area contributed by atoms with Gasteiger partial charge in [-0.1, -0.05) is 0 Å². The minimum atomic E-state index is -0.212. The van der Waals surface area contributed by atoms with Crippen molar-refractivity contribution in [3.05, 3.63) is 35.6 Å². The van der Waals surface area contributed by atoms with Crippen LogP contribution >= 0.6 is 11.3 Å². The summed E-state index contributed by atoms with van der Waals surface area (Å²) >= 11 is 1.47. The van der Waals surface area contributed by atoms with Crippen LogP contribution in [0.15, 0.2) is 29.9 Å². The SMILES string of the molecule is N#CCC(=O)c1cnc2scc(-c3ccc[nH]3)n12. The largest absolute Gasteiger partial charge is 0.360 e. The Kier molecular flexibility index (Phi) is 2.46. The molecule has 6 heteroatoms. The third-order valence-corrected chi connectivity index (χ3v) is 3.49. The van der Waals surface area contributed by atoms with Crippen LogP contribution in [-0.4, -0.2) is 20.2 Å². The minimum Gasteiger partial charge on any atom is -0.360 e. The zero-order valence-corrected chi connectivity index (χ0v) is 10.1. The molecule has 0 aliphatic carbocycles. The molecule has 0 aliphatic heterocycles. The van der Waals surface area contributed by atoms with Gasteiger partial charge in [0.25, 0.3) is 0 Å². The second kappa shape index (κ2) is 4.13. The second-order valence-corrected chi connectivity index (χ2v) is 4.56. The molecule has 0 spiro atoms. The highest BCUT2D eigenvalue weighted by atomic mass is 32.1. The average molecular weight is 256 g/mol. The summed E-state index contributed by atoms with van der Waals surface area (Å²) in [6.45, 7) is 0. The number of carbonyl (C=O) groups is 1. The highest BCUT2D eigenvalue weighted by Crippen LogP contribution is 2.26. The summed E-state index contributed by atoms with van der Waals surface area (Å²) in [6.07, 6.45) is 3.22. The lowest BCUT2D eigenvalue weighted by Gasteiger charge is -1.99. The highest BCUT2D eigenvalue weighted by Gasteiger charge is 2.17. The number of thiazole rings is 1. The van der Waals surface area contributed by atoms with E-state index in [1.165, 1.54) is 17.5 Å². The molecule has 88 valence electrons. The van der Waals surface area contributed by atoms with Crippen molar-refractivity contribution in [2.24, 2.45) is 0 Å². The Balaban J connectivity index is 2.20. The first-order valence-corrected chi connectivity index (χ1v) is 6.18. The van der Waals surface area contributed by atoms with Crippen LogP contribution in [0.25, 0.3) is 16.3 Å². The summed E-state index contributed by atoms with van der Waals surface area (Å²) in [4.78, 5) is 19.9. The number of aromatic nitrogens is 3. The Bertz CT molecular complexity index is 745. The number of nitrogens with one attached hydrogen (secondary N) is 1. The summed E-state index contributed by atoms with van der Waals surface area (Å²) in [6, 6.07) is 5.70. The van der Waals surface area contributed by atoms with Crippen molar-refractivity contribution in [1.29, 1.82) is 5.26 Å². The minimum absolute atomic E-state index is 0.131. The number of hydrogen-bond acceptors (Lipinski definition) is 4. The summed E-state index contributed by atoms with van der Waals surface area (Å²) in [5.41, 5.74) is 2.27. The Hall–Kier alpha value is -2.39. The zero-order valence-electron chi connectivity index (χ0n) is 9.25. The highest BCUT2D eigenvalue weighted by molar-refractivity contribution is 7.15. The number of aromatic amines is 1. The summed E-state index contributed by atoms with van der Waals surface area (Å²) in [5, 5.41) is 10.5. The molecule has 3 heterocycles. The van der Waals surface area contributed by atoms with Crippen LogP contribution in [0.3, 0.4) is 0 Å². The molecule has 18 heavy (non-hydrogen) atoms. The van der Waals surface area contributed by atoms with Crippen LogP contribution in [0.5, 0.6) is 0 Å². The zero-order chi connectivity index (χ0) is 12.5. The number of ketones is 1. The molecule has 3 rings (SSSR count). The van der Waals surface area contributed by atoms with Crippen molar-refractivity contribution in [2.45, 2.75) is 6.42 Å². The Morgan fingerprint density at radius 2 is 2.50 bits per heavy atom. The second-order valence-electron chi connectivity index (χ2n) is 3.72. The predicted molar refractivity (Wildman–Crippen MR) is 67.4 cm³/mol. The molecule has 0 fully saturated rings. The van der Waals surface area contributed by atoms with Gasteiger partial charge < -0.3 is 4.98 Å². The lowest BCUT2D eigenvalue weighted by molar-refractivity contribution is 0.0992. The first kappa shape index (κ1) is 10.7. The Morgan fingerprint density at radius 3 is 3.22 bits per heavy atom. The molecule has 3 aromatic heterocycles. The summed E-state index contributed by atoms with van der Waals surface area (Å²) in [5.74, 6) is -0.212. The van der Waals surface area contributed by atoms with Crippen LogP contribution in [0.1, 0.15) is 16.9 Å². The molecular formula is C12H8N4OS. The molecule has 0 saturated carbocycles. The van der Waals surface area contributed by atoms with Gasteiger partial charge >= 0.3 is 0 Å². The smallest absolute Gasteiger partial charge is 0.195 e. The third kappa shape index (κ3) is 1.53. The number of fused-ring (bicyclic) bond motifs is 1. The van der Waals surface area contributed by atoms with E-state index in [1.54, 1.807) is 4.40 Å². The Morgan fingerprint density at radius 1 is 1.61 bits per heavy atom. The van der Waals surface area contributed by atoms with Crippen molar-refractivity contribution < 1.29 is 4.79 Å². The molecular weight excluding hydrogens is 248 g/mol. The van der Waals surface area contributed by atoms with Gasteiger partial charge in [0.05, 0.1) is 23.7 Å². The normalized spacial score (nSPS) is 10.6. The lowest BCUT2D eigenvalue weighted by Crippen LogP contribution is -2.02. The third-order valence-electron chi connectivity index (χ3n) is 2.65. The maximum Gasteiger partial charge on any atom is 0.195 e. The fourth-order valence-electron chi connectivity index (χ4n) is 1.84. The molecule has 0 bridgehead atoms. The van der Waals surface area contributed by atoms with Gasteiger partial charge in [-0.2, -0.15) is 5.26 Å². The number of nitrogens with zero attached hydrogens (tertiary/aromatic N) is 3. The van der Waals surface area contributed by atoms with Gasteiger partial charge in [0.1, 0.15) is 12.1 Å². The predicted octanol–water partition coefficient (Wildman–Crippen LogP) is 2.49. The molecule has 0 aromatic carbocycles. The summed E-state index contributed by atoms with van der Waals surface area (Å²) < 4.78 is 1.79. The van der Waals surface area contributed by atoms with Gasteiger partial charge in [-0.25, -0.2) is 4.98 Å². The fourth-order valence-corrected chi connectivity index (χ4v) is 2.71. The first-order chi connectivity index (χ1) is 8.81. The molecule has 0 atom stereocenters. The number of H-pyrrole nitrogens is 1. The molecule has 5 nitrogen and oxygen atoms in total. The monoisotopic (exact) mass is 256 g/mol. The maximum absolute atomic E-state index is 11.9. The van der Waals surface area contributed by atoms with E-state index in [1.807, 2.05) is 29.8 Å². The van der Waals surface area contributed by atoms with Gasteiger partial charge in [0.15, 0.2) is 10.7 Å². The number of hydrogen-bond donors (Lipinski definition) is 1. The average Bonchev–Trinajstić information content (AvgIpc) is 3.05. The fraction of sp³-hybridized carbons (Fsp3) is 0.0833. The number of nitriles is 1. The topological polar surface area (TPSA) is 73.9 Å². The van der Waals surface area contributed by atoms with Crippen molar-refractivity contribution >= 4 is 22.1 Å². The molecule has 1 N–H and O–H groups in total. The maximum atomic E-state index is 11.9. The van der Waals surface area contributed by atoms with Gasteiger partial charge in [0.2, 0.25) is 0 Å². The quantitative estimate of drug-likeness (QED) is 0.731. The van der Waals surface area contributed by atoms with E-state index in [0.29, 0.717) is 5.69 Å². The first-order valence-electron chi connectivity index (χ1n) is 5.30. The van der Waals surface area contributed by atoms with E-state index in [9.17, 15) is 4.79 Å². The number of Topliss-reactive ketones (excluding diaryl/α,β-unsaturated/α-hetero) is 1. The van der Waals surface area contributed by atoms with Crippen LogP contribution in [0.2, 0.25) is 0 Å². The van der Waals surface area contributed by atoms with E-state index in [0.717, 1.165) is 16.3 Å². The van der Waals surface area contributed by atoms with E-state index >= 15 is 0 Å². The van der Waals surface area contributed by atoms with Gasteiger partial charge in [-0.15, -0.1) is 11.3 Å². The number of rotatable bonds is 3. The van der Waals surface area contributed by atoms with Crippen LogP contribution in [0.4, 0.5) is 0 Å². The van der Waals surface area contributed by atoms with E-state index in [-0.39, 0.29) is 12.2 Å². The number of imidazole rings is 1. The van der Waals surface area contributed by atoms with Crippen molar-refractivity contribution in [3.8, 4) is 17.5 Å². The van der Waals surface area contributed by atoms with Crippen molar-refractivity contribution in [2.75, 3.05) is 0 Å². The van der Waals surface area contributed by atoms with E-state index in [2.05, 4.69) is 9.97 Å². The molecule has 0 unspecified atom stereocenters. The van der Waals surface area contributed by atoms with Crippen molar-refractivity contribution in [3.63, 3.8) is 0 Å². The van der Waals surface area contributed by atoms with Crippen LogP contribution in [-0.2, 0) is 0 Å². The number of carbonyl (C=O) groups excluding carboxylic acids is 1. The van der Waals surface area contributed by atoms with Gasteiger partial charge in [-0.05, 0) is 12.1 Å². The standard InChI is InChI=1S/C12H8N4OS/c13-4-3-11(17)9-6-15-12-16(9)10(7-18-12)8-2-1-5-14-8/h1-2,5-7,14H,3H2. The molecule has 0 saturated heterocycles. The molecule has 0 radical (unpaired) electrons. The molecule has 0 aliphatic rings. The molecule has 3 aromatic rings. The van der Waals surface area contributed by atoms with Crippen molar-refractivity contribution in [1.82, 2.24) is 14.4 Å². The van der Waals surface area contributed by atoms with E-state index in [4.69, 9.17) is 5.26 Å².